The molecule has 1 fully saturated rings. The Morgan fingerprint density at radius 2 is 2.00 bits per heavy atom. The maximum absolute atomic E-state index is 13.6. The number of hydrogen-bond acceptors (Lipinski definition) is 2. The van der Waals surface area contributed by atoms with Crippen LogP contribution in [0.1, 0.15) is 11.6 Å². The first-order chi connectivity index (χ1) is 8.33. The van der Waals surface area contributed by atoms with E-state index in [0.717, 1.165) is 12.1 Å². The molecule has 1 amide bonds. The fourth-order valence-electron chi connectivity index (χ4n) is 1.60. The lowest BCUT2D eigenvalue weighted by atomic mass is 9.99. The highest BCUT2D eigenvalue weighted by molar-refractivity contribution is 6.30. The standard InChI is InChI=1S/C10H6ClF4NO2.ClH/c11-4-1-2-5(12)6(7(4)13)8-10(14,15)3-18-9(17)16-8;/h1-2,8H,3H2,(H,16,17);1H/t8-;/m1./s1. The van der Waals surface area contributed by atoms with E-state index in [0.29, 0.717) is 0 Å². The number of carbonyl (C=O) groups is 1. The molecule has 3 nitrogen and oxygen atoms in total. The van der Waals surface area contributed by atoms with Crippen molar-refractivity contribution < 1.29 is 27.1 Å². The first-order valence-electron chi connectivity index (χ1n) is 4.77. The fourth-order valence-corrected chi connectivity index (χ4v) is 1.77. The zero-order valence-electron chi connectivity index (χ0n) is 9.05. The van der Waals surface area contributed by atoms with E-state index in [9.17, 15) is 22.4 Å². The number of halogens is 6. The molecule has 9 heteroatoms. The summed E-state index contributed by atoms with van der Waals surface area (Å²) in [7, 11) is 0. The second kappa shape index (κ2) is 5.42. The molecule has 0 unspecified atom stereocenters. The van der Waals surface area contributed by atoms with Gasteiger partial charge in [-0.3, -0.25) is 0 Å². The van der Waals surface area contributed by atoms with Crippen molar-refractivity contribution in [1.82, 2.24) is 5.32 Å². The number of amides is 1. The van der Waals surface area contributed by atoms with Crippen LogP contribution in [0.5, 0.6) is 0 Å². The molecule has 1 N–H and O–H groups in total. The van der Waals surface area contributed by atoms with Gasteiger partial charge in [0.25, 0.3) is 0 Å². The molecule has 1 saturated heterocycles. The highest BCUT2D eigenvalue weighted by Gasteiger charge is 2.49. The Labute approximate surface area is 116 Å². The van der Waals surface area contributed by atoms with Crippen molar-refractivity contribution in [1.29, 1.82) is 0 Å². The van der Waals surface area contributed by atoms with Gasteiger partial charge in [0.1, 0.15) is 17.7 Å². The smallest absolute Gasteiger partial charge is 0.408 e. The maximum atomic E-state index is 13.6. The van der Waals surface area contributed by atoms with Crippen LogP contribution in [-0.2, 0) is 4.74 Å². The van der Waals surface area contributed by atoms with E-state index in [-0.39, 0.29) is 12.4 Å². The van der Waals surface area contributed by atoms with Crippen molar-refractivity contribution in [3.05, 3.63) is 34.4 Å². The van der Waals surface area contributed by atoms with E-state index in [1.54, 1.807) is 5.32 Å². The third-order valence-electron chi connectivity index (χ3n) is 2.45. The Kier molecular flexibility index (Phi) is 4.52. The van der Waals surface area contributed by atoms with Crippen molar-refractivity contribution in [2.45, 2.75) is 12.0 Å². The normalized spacial score (nSPS) is 21.1. The monoisotopic (exact) mass is 319 g/mol. The summed E-state index contributed by atoms with van der Waals surface area (Å²) in [5, 5.41) is 1.17. The minimum absolute atomic E-state index is 0. The summed E-state index contributed by atoms with van der Waals surface area (Å²) in [4.78, 5) is 10.9. The molecule has 1 aromatic rings. The molecule has 19 heavy (non-hydrogen) atoms. The van der Waals surface area contributed by atoms with E-state index in [1.807, 2.05) is 0 Å². The number of cyclic esters (lactones) is 1. The van der Waals surface area contributed by atoms with Gasteiger partial charge in [-0.15, -0.1) is 12.4 Å². The van der Waals surface area contributed by atoms with Gasteiger partial charge < -0.3 is 10.1 Å². The van der Waals surface area contributed by atoms with Gasteiger partial charge in [-0.1, -0.05) is 11.6 Å². The lowest BCUT2D eigenvalue weighted by Crippen LogP contribution is -2.50. The van der Waals surface area contributed by atoms with Crippen LogP contribution in [0, 0.1) is 11.6 Å². The number of alkyl carbamates (subject to hydrolysis) is 1. The Morgan fingerprint density at radius 1 is 1.37 bits per heavy atom. The van der Waals surface area contributed by atoms with Crippen molar-refractivity contribution in [2.75, 3.05) is 6.61 Å². The Balaban J connectivity index is 0.00000180. The summed E-state index contributed by atoms with van der Waals surface area (Å²) in [5.74, 6) is -6.19. The largest absolute Gasteiger partial charge is 0.443 e. The maximum Gasteiger partial charge on any atom is 0.408 e. The summed E-state index contributed by atoms with van der Waals surface area (Å²) in [5.41, 5.74) is -0.982. The number of alkyl halides is 2. The lowest BCUT2D eigenvalue weighted by Gasteiger charge is -2.32. The number of ether oxygens (including phenoxy) is 1. The van der Waals surface area contributed by atoms with Crippen LogP contribution < -0.4 is 5.32 Å². The molecule has 0 aliphatic carbocycles. The summed E-state index contributed by atoms with van der Waals surface area (Å²) >= 11 is 5.40. The van der Waals surface area contributed by atoms with Gasteiger partial charge >= 0.3 is 12.0 Å². The molecule has 0 radical (unpaired) electrons. The van der Waals surface area contributed by atoms with Gasteiger partial charge in [0.2, 0.25) is 0 Å². The molecular formula is C10H7Cl2F4NO2. The SMILES string of the molecule is Cl.O=C1N[C@H](c2c(F)ccc(Cl)c2F)C(F)(F)CO1. The van der Waals surface area contributed by atoms with Crippen LogP contribution >= 0.6 is 24.0 Å². The molecule has 2 rings (SSSR count). The summed E-state index contributed by atoms with van der Waals surface area (Å²) in [6, 6.07) is -0.509. The highest BCUT2D eigenvalue weighted by Crippen LogP contribution is 2.38. The zero-order valence-corrected chi connectivity index (χ0v) is 10.6. The quantitative estimate of drug-likeness (QED) is 0.636. The van der Waals surface area contributed by atoms with Crippen molar-refractivity contribution in [3.8, 4) is 0 Å². The van der Waals surface area contributed by atoms with Crippen molar-refractivity contribution >= 4 is 30.1 Å². The van der Waals surface area contributed by atoms with E-state index in [1.165, 1.54) is 0 Å². The average molecular weight is 320 g/mol. The number of rotatable bonds is 1. The topological polar surface area (TPSA) is 38.3 Å². The second-order valence-electron chi connectivity index (χ2n) is 3.67. The molecule has 0 saturated carbocycles. The highest BCUT2D eigenvalue weighted by atomic mass is 35.5. The van der Waals surface area contributed by atoms with Crippen molar-refractivity contribution in [3.63, 3.8) is 0 Å². The fraction of sp³-hybridized carbons (Fsp3) is 0.300. The van der Waals surface area contributed by atoms with Crippen LogP contribution in [0.4, 0.5) is 22.4 Å². The molecule has 0 spiro atoms. The van der Waals surface area contributed by atoms with Crippen molar-refractivity contribution in [2.24, 2.45) is 0 Å². The van der Waals surface area contributed by atoms with E-state index >= 15 is 0 Å². The van der Waals surface area contributed by atoms with Crippen LogP contribution in [0.25, 0.3) is 0 Å². The first-order valence-corrected chi connectivity index (χ1v) is 5.15. The minimum Gasteiger partial charge on any atom is -0.443 e. The van der Waals surface area contributed by atoms with Gasteiger partial charge in [-0.05, 0) is 12.1 Å². The van der Waals surface area contributed by atoms with Crippen LogP contribution in [0.3, 0.4) is 0 Å². The predicted molar refractivity (Wildman–Crippen MR) is 60.8 cm³/mol. The number of hydrogen-bond donors (Lipinski definition) is 1. The van der Waals surface area contributed by atoms with E-state index in [4.69, 9.17) is 11.6 Å². The molecule has 0 aromatic heterocycles. The molecule has 0 bridgehead atoms. The molecular weight excluding hydrogens is 313 g/mol. The van der Waals surface area contributed by atoms with Crippen LogP contribution in [0.15, 0.2) is 12.1 Å². The zero-order chi connectivity index (χ0) is 13.5. The first kappa shape index (κ1) is 15.8. The molecule has 1 aliphatic rings. The van der Waals surface area contributed by atoms with Gasteiger partial charge in [0.05, 0.1) is 10.6 Å². The predicted octanol–water partition coefficient (Wildman–Crippen LogP) is 3.46. The Bertz CT molecular complexity index is 513. The Hall–Kier alpha value is -1.21. The third kappa shape index (κ3) is 2.87. The lowest BCUT2D eigenvalue weighted by molar-refractivity contribution is -0.105. The number of benzene rings is 1. The van der Waals surface area contributed by atoms with Gasteiger partial charge in [-0.2, -0.15) is 0 Å². The molecule has 106 valence electrons. The summed E-state index contributed by atoms with van der Waals surface area (Å²) < 4.78 is 58.2. The molecule has 1 aromatic carbocycles. The second-order valence-corrected chi connectivity index (χ2v) is 4.08. The third-order valence-corrected chi connectivity index (χ3v) is 2.74. The number of nitrogens with one attached hydrogen (secondary N) is 1. The molecule has 1 heterocycles. The Morgan fingerprint density at radius 3 is 2.63 bits per heavy atom. The van der Waals surface area contributed by atoms with E-state index < -0.39 is 46.9 Å². The minimum atomic E-state index is -3.64. The van der Waals surface area contributed by atoms with E-state index in [2.05, 4.69) is 4.74 Å². The van der Waals surface area contributed by atoms with Gasteiger partial charge in [-0.25, -0.2) is 22.4 Å². The summed E-state index contributed by atoms with van der Waals surface area (Å²) in [6.45, 7) is -1.26. The summed E-state index contributed by atoms with van der Waals surface area (Å²) in [6.07, 6.45) is -1.18. The average Bonchev–Trinajstić information content (AvgIpc) is 2.29. The van der Waals surface area contributed by atoms with Gasteiger partial charge in [0.15, 0.2) is 6.61 Å². The van der Waals surface area contributed by atoms with Crippen LogP contribution in [0.2, 0.25) is 5.02 Å². The van der Waals surface area contributed by atoms with Gasteiger partial charge in [0, 0.05) is 0 Å². The molecule has 1 atom stereocenters. The molecule has 1 aliphatic heterocycles. The van der Waals surface area contributed by atoms with Crippen LogP contribution in [-0.4, -0.2) is 18.6 Å². The number of carbonyl (C=O) groups excluding carboxylic acids is 1.